The zero-order valence-corrected chi connectivity index (χ0v) is 16.6. The summed E-state index contributed by atoms with van der Waals surface area (Å²) >= 11 is 0. The Balaban J connectivity index is 1.49. The highest BCUT2D eigenvalue weighted by Crippen LogP contribution is 2.37. The van der Waals surface area contributed by atoms with Crippen LogP contribution in [0.5, 0.6) is 0 Å². The van der Waals surface area contributed by atoms with E-state index in [1.807, 2.05) is 6.08 Å². The molecule has 0 aromatic carbocycles. The fourth-order valence-corrected chi connectivity index (χ4v) is 5.27. The number of hydrogen-bond acceptors (Lipinski definition) is 5. The highest BCUT2D eigenvalue weighted by molar-refractivity contribution is 6.05. The Labute approximate surface area is 165 Å². The first-order chi connectivity index (χ1) is 13.4. The average molecular weight is 387 g/mol. The first-order valence-electron chi connectivity index (χ1n) is 10.4. The molecule has 5 atom stereocenters. The van der Waals surface area contributed by atoms with Gasteiger partial charge in [0.1, 0.15) is 6.04 Å². The number of carbonyl (C=O) groups is 3. The van der Waals surface area contributed by atoms with Crippen molar-refractivity contribution >= 4 is 17.7 Å². The minimum Gasteiger partial charge on any atom is -0.369 e. The van der Waals surface area contributed by atoms with E-state index in [1.165, 1.54) is 30.6 Å². The van der Waals surface area contributed by atoms with Crippen molar-refractivity contribution in [2.24, 2.45) is 5.92 Å². The molecule has 2 fully saturated rings. The molecule has 0 aromatic heterocycles. The molecule has 1 saturated heterocycles. The lowest BCUT2D eigenvalue weighted by molar-refractivity contribution is -0.149. The van der Waals surface area contributed by atoms with Gasteiger partial charge in [0.2, 0.25) is 11.8 Å². The van der Waals surface area contributed by atoms with E-state index in [1.54, 1.807) is 0 Å². The predicted molar refractivity (Wildman–Crippen MR) is 103 cm³/mol. The second-order valence-corrected chi connectivity index (χ2v) is 8.61. The van der Waals surface area contributed by atoms with Crippen LogP contribution in [0.3, 0.4) is 0 Å². The number of carbonyl (C=O) groups excluding carboxylic acids is 3. The first kappa shape index (κ1) is 19.3. The van der Waals surface area contributed by atoms with Gasteiger partial charge in [0.05, 0.1) is 0 Å². The summed E-state index contributed by atoms with van der Waals surface area (Å²) in [5, 5.41) is 13.0. The van der Waals surface area contributed by atoms with E-state index in [-0.39, 0.29) is 30.7 Å². The van der Waals surface area contributed by atoms with Gasteiger partial charge in [-0.25, -0.2) is 0 Å². The standard InChI is InChI=1S/C21H29N3O4/c1-12-5-3-4-6-16(12)23(2)13-7-8-14-15(11-13)21(28)24(20(14)27)17-9-10-18(25)22-19(17)26/h7-8,12-13,16-17,20,27H,3-6,9-11H2,1-2H3,(H,22,25,26)/t12-,13?,16-,17?,20?/m0/s1. The van der Waals surface area contributed by atoms with E-state index >= 15 is 0 Å². The molecule has 0 aromatic rings. The molecule has 0 spiro atoms. The molecule has 4 rings (SSSR count). The maximum absolute atomic E-state index is 13.1. The number of aliphatic hydroxyl groups excluding tert-OH is 1. The van der Waals surface area contributed by atoms with Crippen molar-refractivity contribution in [3.63, 3.8) is 0 Å². The molecule has 3 amide bonds. The average Bonchev–Trinajstić information content (AvgIpc) is 2.92. The topological polar surface area (TPSA) is 90.0 Å². The van der Waals surface area contributed by atoms with Crippen molar-refractivity contribution in [3.8, 4) is 0 Å². The summed E-state index contributed by atoms with van der Waals surface area (Å²) in [6.07, 6.45) is 8.71. The monoisotopic (exact) mass is 387 g/mol. The molecule has 2 aliphatic heterocycles. The van der Waals surface area contributed by atoms with E-state index in [0.29, 0.717) is 29.5 Å². The van der Waals surface area contributed by atoms with Crippen molar-refractivity contribution in [1.82, 2.24) is 15.1 Å². The molecule has 152 valence electrons. The van der Waals surface area contributed by atoms with Gasteiger partial charge in [0.15, 0.2) is 6.23 Å². The van der Waals surface area contributed by atoms with Crippen molar-refractivity contribution in [2.75, 3.05) is 7.05 Å². The fraction of sp³-hybridized carbons (Fsp3) is 0.667. The van der Waals surface area contributed by atoms with Crippen LogP contribution < -0.4 is 5.32 Å². The number of hydrogen-bond donors (Lipinski definition) is 2. The van der Waals surface area contributed by atoms with E-state index in [9.17, 15) is 19.5 Å². The Bertz CT molecular complexity index is 759. The van der Waals surface area contributed by atoms with Crippen molar-refractivity contribution in [1.29, 1.82) is 0 Å². The van der Waals surface area contributed by atoms with Crippen LogP contribution in [-0.4, -0.2) is 64.0 Å². The molecule has 2 N–H and O–H groups in total. The molecule has 0 bridgehead atoms. The van der Waals surface area contributed by atoms with E-state index < -0.39 is 18.2 Å². The van der Waals surface area contributed by atoms with Crippen LogP contribution in [0.15, 0.2) is 23.3 Å². The van der Waals surface area contributed by atoms with Crippen LogP contribution in [-0.2, 0) is 14.4 Å². The van der Waals surface area contributed by atoms with Gasteiger partial charge in [0.25, 0.3) is 5.91 Å². The summed E-state index contributed by atoms with van der Waals surface area (Å²) in [5.74, 6) is -0.482. The van der Waals surface area contributed by atoms with Crippen LogP contribution in [0.2, 0.25) is 0 Å². The van der Waals surface area contributed by atoms with Crippen LogP contribution in [0.1, 0.15) is 51.9 Å². The lowest BCUT2D eigenvalue weighted by atomic mass is 9.83. The largest absolute Gasteiger partial charge is 0.369 e. The number of amides is 3. The van der Waals surface area contributed by atoms with Crippen LogP contribution in [0, 0.1) is 5.92 Å². The second kappa shape index (κ2) is 7.44. The SMILES string of the molecule is C[C@H]1CCCC[C@@H]1N(C)C1C=CC2=C(C1)C(=O)N(C1CCC(=O)NC1=O)C2O. The summed E-state index contributed by atoms with van der Waals surface area (Å²) in [6, 6.07) is -0.186. The Kier molecular flexibility index (Phi) is 5.14. The van der Waals surface area contributed by atoms with Crippen molar-refractivity contribution in [2.45, 2.75) is 76.2 Å². The number of nitrogens with zero attached hydrogens (tertiary/aromatic N) is 2. The predicted octanol–water partition coefficient (Wildman–Crippen LogP) is 1.09. The molecule has 28 heavy (non-hydrogen) atoms. The lowest BCUT2D eigenvalue weighted by Gasteiger charge is -2.40. The smallest absolute Gasteiger partial charge is 0.253 e. The third-order valence-corrected chi connectivity index (χ3v) is 6.95. The zero-order valence-electron chi connectivity index (χ0n) is 16.6. The summed E-state index contributed by atoms with van der Waals surface area (Å²) < 4.78 is 0. The number of nitrogens with one attached hydrogen (secondary N) is 1. The fourth-order valence-electron chi connectivity index (χ4n) is 5.27. The minimum atomic E-state index is -1.12. The quantitative estimate of drug-likeness (QED) is 0.708. The number of imide groups is 1. The summed E-state index contributed by atoms with van der Waals surface area (Å²) in [6.45, 7) is 2.30. The van der Waals surface area contributed by atoms with E-state index in [2.05, 4.69) is 30.3 Å². The Hall–Kier alpha value is -1.99. The second-order valence-electron chi connectivity index (χ2n) is 8.61. The highest BCUT2D eigenvalue weighted by Gasteiger charge is 2.46. The molecule has 0 radical (unpaired) electrons. The molecule has 2 heterocycles. The summed E-state index contributed by atoms with van der Waals surface area (Å²) in [4.78, 5) is 40.3. The van der Waals surface area contributed by atoms with Gasteiger partial charge in [-0.15, -0.1) is 0 Å². The normalized spacial score (nSPS) is 36.2. The lowest BCUT2D eigenvalue weighted by Crippen LogP contribution is -2.55. The van der Waals surface area contributed by atoms with Gasteiger partial charge in [-0.1, -0.05) is 31.9 Å². The molecule has 2 aliphatic carbocycles. The molecule has 4 aliphatic rings. The van der Waals surface area contributed by atoms with Crippen LogP contribution in [0.25, 0.3) is 0 Å². The molecule has 7 nitrogen and oxygen atoms in total. The van der Waals surface area contributed by atoms with E-state index in [4.69, 9.17) is 0 Å². The maximum atomic E-state index is 13.1. The summed E-state index contributed by atoms with van der Waals surface area (Å²) in [7, 11) is 2.13. The van der Waals surface area contributed by atoms with Crippen molar-refractivity contribution in [3.05, 3.63) is 23.3 Å². The Morgan fingerprint density at radius 2 is 1.93 bits per heavy atom. The third-order valence-electron chi connectivity index (χ3n) is 6.95. The minimum absolute atomic E-state index is 0.113. The van der Waals surface area contributed by atoms with Crippen LogP contribution >= 0.6 is 0 Å². The molecular formula is C21H29N3O4. The molecule has 1 saturated carbocycles. The zero-order chi connectivity index (χ0) is 20.0. The van der Waals surface area contributed by atoms with Gasteiger partial charge in [0, 0.05) is 29.7 Å². The number of piperidine rings is 1. The molecule has 3 unspecified atom stereocenters. The first-order valence-corrected chi connectivity index (χ1v) is 10.4. The van der Waals surface area contributed by atoms with E-state index in [0.717, 1.165) is 0 Å². The summed E-state index contributed by atoms with van der Waals surface area (Å²) in [5.41, 5.74) is 1.19. The van der Waals surface area contributed by atoms with Crippen LogP contribution in [0.4, 0.5) is 0 Å². The number of rotatable bonds is 3. The number of aliphatic hydroxyl groups is 1. The van der Waals surface area contributed by atoms with Gasteiger partial charge in [-0.2, -0.15) is 0 Å². The highest BCUT2D eigenvalue weighted by atomic mass is 16.3. The van der Waals surface area contributed by atoms with Gasteiger partial charge in [-0.05, 0) is 38.6 Å². The third kappa shape index (κ3) is 3.20. The molecular weight excluding hydrogens is 358 g/mol. The maximum Gasteiger partial charge on any atom is 0.253 e. The number of likely N-dealkylation sites (N-methyl/N-ethyl adjacent to an activating group) is 1. The van der Waals surface area contributed by atoms with Gasteiger partial charge in [-0.3, -0.25) is 29.5 Å². The van der Waals surface area contributed by atoms with Gasteiger partial charge >= 0.3 is 0 Å². The Morgan fingerprint density at radius 3 is 2.64 bits per heavy atom. The van der Waals surface area contributed by atoms with Crippen molar-refractivity contribution < 1.29 is 19.5 Å². The Morgan fingerprint density at radius 1 is 1.18 bits per heavy atom. The van der Waals surface area contributed by atoms with Gasteiger partial charge < -0.3 is 5.11 Å². The molecule has 7 heteroatoms.